The van der Waals surface area contributed by atoms with Crippen LogP contribution >= 0.6 is 0 Å². The van der Waals surface area contributed by atoms with Crippen LogP contribution in [-0.2, 0) is 0 Å². The van der Waals surface area contributed by atoms with Crippen molar-refractivity contribution in [3.63, 3.8) is 0 Å². The lowest BCUT2D eigenvalue weighted by atomic mass is 9.99. The Kier molecular flexibility index (Phi) is 16.2. The molecule has 2 fully saturated rings. The highest BCUT2D eigenvalue weighted by molar-refractivity contribution is 4.83. The molecule has 2 atom stereocenters. The summed E-state index contributed by atoms with van der Waals surface area (Å²) in [5.74, 6) is 0. The van der Waals surface area contributed by atoms with Crippen molar-refractivity contribution in [1.82, 2.24) is 19.6 Å². The van der Waals surface area contributed by atoms with Gasteiger partial charge in [0.2, 0.25) is 0 Å². The van der Waals surface area contributed by atoms with Gasteiger partial charge in [-0.2, -0.15) is 0 Å². The van der Waals surface area contributed by atoms with Gasteiger partial charge in [0.05, 0.1) is 0 Å². The second-order valence-electron chi connectivity index (χ2n) is 11.4. The largest absolute Gasteiger partial charge is 0.300 e. The minimum Gasteiger partial charge on any atom is -0.300 e. The maximum Gasteiger partial charge on any atom is 0.0225 e. The van der Waals surface area contributed by atoms with E-state index in [9.17, 15) is 0 Å². The third-order valence-corrected chi connectivity index (χ3v) is 7.86. The van der Waals surface area contributed by atoms with Crippen molar-refractivity contribution in [3.8, 4) is 0 Å². The molecule has 0 radical (unpaired) electrons. The number of hydrogen-bond acceptors (Lipinski definition) is 4. The van der Waals surface area contributed by atoms with Gasteiger partial charge in [-0.25, -0.2) is 0 Å². The van der Waals surface area contributed by atoms with Crippen LogP contribution in [0.5, 0.6) is 0 Å². The van der Waals surface area contributed by atoms with E-state index in [1.807, 2.05) is 0 Å². The third-order valence-electron chi connectivity index (χ3n) is 7.86. The molecule has 0 spiro atoms. The zero-order chi connectivity index (χ0) is 24.8. The van der Waals surface area contributed by atoms with Crippen LogP contribution in [0.2, 0.25) is 0 Å². The van der Waals surface area contributed by atoms with Crippen LogP contribution < -0.4 is 0 Å². The van der Waals surface area contributed by atoms with Crippen molar-refractivity contribution >= 4 is 0 Å². The molecule has 2 saturated heterocycles. The summed E-state index contributed by atoms with van der Waals surface area (Å²) in [5.41, 5.74) is 0. The van der Waals surface area contributed by atoms with Crippen molar-refractivity contribution in [1.29, 1.82) is 0 Å². The van der Waals surface area contributed by atoms with Crippen LogP contribution in [0.3, 0.4) is 0 Å². The number of likely N-dealkylation sites (tertiary alicyclic amines) is 2. The van der Waals surface area contributed by atoms with Crippen LogP contribution in [0.15, 0.2) is 0 Å². The van der Waals surface area contributed by atoms with Gasteiger partial charge in [0, 0.05) is 43.3 Å². The lowest BCUT2D eigenvalue weighted by Gasteiger charge is -2.42. The van der Waals surface area contributed by atoms with Crippen LogP contribution in [0.1, 0.15) is 114 Å². The first-order chi connectivity index (χ1) is 15.7. The molecule has 0 aliphatic carbocycles. The Morgan fingerprint density at radius 1 is 0.697 bits per heavy atom. The summed E-state index contributed by atoms with van der Waals surface area (Å²) in [6, 6.07) is 3.69. The molecule has 0 saturated carbocycles. The number of nitrogens with zero attached hydrogens (tertiary/aromatic N) is 4. The fraction of sp³-hybridized carbons (Fsp3) is 1.00. The SMILES string of the molecule is CCCN(CC1CCCCN1C(C)C)C(C)C.CCCN1CCCCC1CN(CC)C(C)C. The maximum absolute atomic E-state index is 2.72. The first-order valence-electron chi connectivity index (χ1n) is 14.7. The maximum atomic E-state index is 2.72. The van der Waals surface area contributed by atoms with E-state index in [1.54, 1.807) is 0 Å². The lowest BCUT2D eigenvalue weighted by Crippen LogP contribution is -2.51. The molecule has 33 heavy (non-hydrogen) atoms. The fourth-order valence-corrected chi connectivity index (χ4v) is 5.84. The summed E-state index contributed by atoms with van der Waals surface area (Å²) >= 11 is 0. The van der Waals surface area contributed by atoms with Crippen LogP contribution in [0, 0.1) is 0 Å². The van der Waals surface area contributed by atoms with Gasteiger partial charge in [-0.1, -0.05) is 33.6 Å². The molecule has 0 aromatic carbocycles. The molecule has 0 bridgehead atoms. The van der Waals surface area contributed by atoms with Crippen molar-refractivity contribution in [2.75, 3.05) is 45.8 Å². The molecular weight excluding hydrogens is 404 g/mol. The average Bonchev–Trinajstić information content (AvgIpc) is 2.78. The Labute approximate surface area is 209 Å². The average molecular weight is 467 g/mol. The normalized spacial score (nSPS) is 23.1. The van der Waals surface area contributed by atoms with Gasteiger partial charge in [0.25, 0.3) is 0 Å². The minimum atomic E-state index is 0.686. The Bertz CT molecular complexity index is 463. The molecule has 2 aliphatic heterocycles. The van der Waals surface area contributed by atoms with Crippen molar-refractivity contribution < 1.29 is 0 Å². The molecule has 0 aromatic heterocycles. The third kappa shape index (κ3) is 11.4. The van der Waals surface area contributed by atoms with Gasteiger partial charge >= 0.3 is 0 Å². The van der Waals surface area contributed by atoms with Crippen molar-refractivity contribution in [2.24, 2.45) is 0 Å². The fourth-order valence-electron chi connectivity index (χ4n) is 5.84. The van der Waals surface area contributed by atoms with E-state index in [1.165, 1.54) is 97.2 Å². The standard InChI is InChI=1S/C15H32N2.C14H30N2/c1-6-10-16(13(2)3)12-15-9-7-8-11-17(15)14(4)5;1-5-10-16-11-8-7-9-14(16)12-15(6-2)13(3)4/h13-15H,6-12H2,1-5H3;13-14H,5-12H2,1-4H3. The van der Waals surface area contributed by atoms with Gasteiger partial charge in [-0.3, -0.25) is 19.6 Å². The number of rotatable bonds is 12. The van der Waals surface area contributed by atoms with Crippen LogP contribution in [0.4, 0.5) is 0 Å². The molecule has 4 heteroatoms. The van der Waals surface area contributed by atoms with E-state index in [2.05, 4.69) is 81.9 Å². The second kappa shape index (κ2) is 17.3. The zero-order valence-electron chi connectivity index (χ0n) is 24.3. The Hall–Kier alpha value is -0.160. The van der Waals surface area contributed by atoms with Crippen LogP contribution in [0.25, 0.3) is 0 Å². The predicted molar refractivity (Wildman–Crippen MR) is 148 cm³/mol. The van der Waals surface area contributed by atoms with Crippen molar-refractivity contribution in [2.45, 2.75) is 144 Å². The lowest BCUT2D eigenvalue weighted by molar-refractivity contribution is 0.0679. The monoisotopic (exact) mass is 466 g/mol. The van der Waals surface area contributed by atoms with Gasteiger partial charge in [-0.15, -0.1) is 0 Å². The predicted octanol–water partition coefficient (Wildman–Crippen LogP) is 6.35. The Morgan fingerprint density at radius 3 is 1.79 bits per heavy atom. The van der Waals surface area contributed by atoms with Gasteiger partial charge < -0.3 is 0 Å². The van der Waals surface area contributed by atoms with E-state index in [0.29, 0.717) is 18.1 Å². The first kappa shape index (κ1) is 30.9. The van der Waals surface area contributed by atoms with E-state index >= 15 is 0 Å². The smallest absolute Gasteiger partial charge is 0.0225 e. The minimum absolute atomic E-state index is 0.686. The topological polar surface area (TPSA) is 13.0 Å². The molecular formula is C29H62N4. The quantitative estimate of drug-likeness (QED) is 0.332. The van der Waals surface area contributed by atoms with E-state index in [0.717, 1.165) is 12.1 Å². The van der Waals surface area contributed by atoms with E-state index in [-0.39, 0.29) is 0 Å². The summed E-state index contributed by atoms with van der Waals surface area (Å²) in [6.45, 7) is 29.8. The van der Waals surface area contributed by atoms with Gasteiger partial charge in [0.1, 0.15) is 0 Å². The number of hydrogen-bond donors (Lipinski definition) is 0. The number of likely N-dealkylation sites (N-methyl/N-ethyl adjacent to an activating group) is 1. The molecule has 2 heterocycles. The van der Waals surface area contributed by atoms with E-state index in [4.69, 9.17) is 0 Å². The Morgan fingerprint density at radius 2 is 1.27 bits per heavy atom. The van der Waals surface area contributed by atoms with Crippen molar-refractivity contribution in [3.05, 3.63) is 0 Å². The molecule has 0 aromatic rings. The molecule has 2 rings (SSSR count). The van der Waals surface area contributed by atoms with Gasteiger partial charge in [-0.05, 0) is 113 Å². The van der Waals surface area contributed by atoms with Gasteiger partial charge in [0.15, 0.2) is 0 Å². The molecule has 0 N–H and O–H groups in total. The first-order valence-corrected chi connectivity index (χ1v) is 14.7. The highest BCUT2D eigenvalue weighted by Gasteiger charge is 2.27. The summed E-state index contributed by atoms with van der Waals surface area (Å²) in [4.78, 5) is 10.7. The molecule has 4 nitrogen and oxygen atoms in total. The highest BCUT2D eigenvalue weighted by atomic mass is 15.2. The Balaban J connectivity index is 0.000000331. The molecule has 0 amide bonds. The molecule has 2 aliphatic rings. The molecule has 2 unspecified atom stereocenters. The number of piperidine rings is 2. The van der Waals surface area contributed by atoms with E-state index < -0.39 is 0 Å². The van der Waals surface area contributed by atoms with Crippen LogP contribution in [-0.4, -0.2) is 95.6 Å². The summed E-state index contributed by atoms with van der Waals surface area (Å²) in [6.07, 6.45) is 11.0. The summed E-state index contributed by atoms with van der Waals surface area (Å²) in [7, 11) is 0. The zero-order valence-corrected chi connectivity index (χ0v) is 24.3. The second-order valence-corrected chi connectivity index (χ2v) is 11.4. The highest BCUT2D eigenvalue weighted by Crippen LogP contribution is 2.21. The summed E-state index contributed by atoms with van der Waals surface area (Å²) in [5, 5.41) is 0. The summed E-state index contributed by atoms with van der Waals surface area (Å²) < 4.78 is 0. The molecule has 198 valence electrons.